The number of nitrogens with zero attached hydrogens (tertiary/aromatic N) is 2. The van der Waals surface area contributed by atoms with E-state index in [1.54, 1.807) is 11.3 Å². The number of aryl methyl sites for hydroxylation is 2. The lowest BCUT2D eigenvalue weighted by Gasteiger charge is -2.20. The second-order valence-corrected chi connectivity index (χ2v) is 7.35. The third-order valence-electron chi connectivity index (χ3n) is 4.16. The summed E-state index contributed by atoms with van der Waals surface area (Å²) >= 11 is 1.61. The monoisotopic (exact) mass is 329 g/mol. The van der Waals surface area contributed by atoms with Gasteiger partial charge < -0.3 is 10.2 Å². The van der Waals surface area contributed by atoms with Crippen molar-refractivity contribution in [2.24, 2.45) is 0 Å². The molecule has 0 saturated heterocycles. The zero-order chi connectivity index (χ0) is 16.2. The zero-order valence-corrected chi connectivity index (χ0v) is 14.6. The number of hydrogen-bond donors (Lipinski definition) is 1. The highest BCUT2D eigenvalue weighted by atomic mass is 32.1. The lowest BCUT2D eigenvalue weighted by molar-refractivity contribution is -0.116. The lowest BCUT2D eigenvalue weighted by atomic mass is 10.1. The van der Waals surface area contributed by atoms with E-state index in [4.69, 9.17) is 0 Å². The molecule has 1 N–H and O–H groups in total. The molecule has 0 fully saturated rings. The highest BCUT2D eigenvalue weighted by Gasteiger charge is 2.18. The van der Waals surface area contributed by atoms with Crippen LogP contribution in [0, 0.1) is 6.92 Å². The summed E-state index contributed by atoms with van der Waals surface area (Å²) in [6.45, 7) is 4.07. The van der Waals surface area contributed by atoms with Crippen molar-refractivity contribution >= 4 is 22.4 Å². The van der Waals surface area contributed by atoms with Crippen LogP contribution in [0.2, 0.25) is 0 Å². The Balaban J connectivity index is 1.47. The molecule has 0 bridgehead atoms. The number of hydrogen-bond acceptors (Lipinski definition) is 4. The van der Waals surface area contributed by atoms with Gasteiger partial charge in [0.2, 0.25) is 5.91 Å². The van der Waals surface area contributed by atoms with E-state index in [0.29, 0.717) is 6.42 Å². The molecule has 2 aromatic rings. The smallest absolute Gasteiger partial charge is 0.226 e. The van der Waals surface area contributed by atoms with Gasteiger partial charge in [0, 0.05) is 30.8 Å². The van der Waals surface area contributed by atoms with Gasteiger partial charge in [-0.25, -0.2) is 4.98 Å². The van der Waals surface area contributed by atoms with Crippen LogP contribution in [0.15, 0.2) is 24.3 Å². The van der Waals surface area contributed by atoms with Gasteiger partial charge in [0.25, 0.3) is 0 Å². The molecule has 1 aliphatic rings. The fourth-order valence-electron chi connectivity index (χ4n) is 2.77. The first-order chi connectivity index (χ1) is 11.1. The summed E-state index contributed by atoms with van der Waals surface area (Å²) in [5, 5.41) is 3.71. The van der Waals surface area contributed by atoms with Crippen LogP contribution >= 0.6 is 11.3 Å². The molecule has 5 heteroatoms. The molecule has 1 aromatic carbocycles. The summed E-state index contributed by atoms with van der Waals surface area (Å²) in [5.74, 6) is 0.0663. The van der Waals surface area contributed by atoms with Gasteiger partial charge in [0.05, 0.1) is 5.69 Å². The van der Waals surface area contributed by atoms with Gasteiger partial charge in [-0.15, -0.1) is 11.3 Å². The van der Waals surface area contributed by atoms with Crippen molar-refractivity contribution in [3.8, 4) is 0 Å². The van der Waals surface area contributed by atoms with Gasteiger partial charge in [-0.3, -0.25) is 4.79 Å². The summed E-state index contributed by atoms with van der Waals surface area (Å²) in [7, 11) is 2.12. The molecule has 0 spiro atoms. The maximum atomic E-state index is 12.1. The number of carbonyl (C=O) groups is 1. The van der Waals surface area contributed by atoms with E-state index in [1.807, 2.05) is 0 Å². The van der Waals surface area contributed by atoms with Crippen molar-refractivity contribution in [1.29, 1.82) is 0 Å². The van der Waals surface area contributed by atoms with Gasteiger partial charge in [-0.2, -0.15) is 0 Å². The number of carbonyl (C=O) groups excluding carboxylic acids is 1. The van der Waals surface area contributed by atoms with Gasteiger partial charge in [-0.1, -0.05) is 29.8 Å². The van der Waals surface area contributed by atoms with Crippen molar-refractivity contribution < 1.29 is 4.79 Å². The molecule has 2 heterocycles. The lowest BCUT2D eigenvalue weighted by Crippen LogP contribution is -2.25. The van der Waals surface area contributed by atoms with Crippen molar-refractivity contribution in [3.63, 3.8) is 0 Å². The van der Waals surface area contributed by atoms with Crippen molar-refractivity contribution in [2.45, 2.75) is 39.2 Å². The molecule has 122 valence electrons. The third-order valence-corrected chi connectivity index (χ3v) is 5.16. The number of fused-ring (bicyclic) bond motifs is 1. The molecule has 0 unspecified atom stereocenters. The first kappa shape index (κ1) is 16.1. The molecule has 1 aliphatic heterocycles. The number of thiazole rings is 1. The maximum absolute atomic E-state index is 12.1. The van der Waals surface area contributed by atoms with Gasteiger partial charge in [0.1, 0.15) is 0 Å². The Morgan fingerprint density at radius 3 is 2.91 bits per heavy atom. The normalized spacial score (nSPS) is 14.5. The molecule has 4 nitrogen and oxygen atoms in total. The molecule has 0 aliphatic carbocycles. The first-order valence-corrected chi connectivity index (χ1v) is 8.94. The van der Waals surface area contributed by atoms with Gasteiger partial charge >= 0.3 is 0 Å². The molecule has 0 radical (unpaired) electrons. The van der Waals surface area contributed by atoms with E-state index in [9.17, 15) is 4.79 Å². The van der Waals surface area contributed by atoms with E-state index in [-0.39, 0.29) is 5.91 Å². The maximum Gasteiger partial charge on any atom is 0.226 e. The van der Waals surface area contributed by atoms with Crippen LogP contribution < -0.4 is 5.32 Å². The number of rotatable bonds is 5. The zero-order valence-electron chi connectivity index (χ0n) is 13.8. The minimum Gasteiger partial charge on any atom is -0.302 e. The summed E-state index contributed by atoms with van der Waals surface area (Å²) in [6.07, 6.45) is 3.32. The number of aromatic nitrogens is 1. The highest BCUT2D eigenvalue weighted by Crippen LogP contribution is 2.27. The first-order valence-electron chi connectivity index (χ1n) is 8.12. The molecule has 0 saturated carbocycles. The van der Waals surface area contributed by atoms with Gasteiger partial charge in [-0.05, 0) is 32.4 Å². The number of amides is 1. The summed E-state index contributed by atoms with van der Waals surface area (Å²) < 4.78 is 0. The largest absolute Gasteiger partial charge is 0.302 e. The van der Waals surface area contributed by atoms with Crippen molar-refractivity contribution in [1.82, 2.24) is 9.88 Å². The third kappa shape index (κ3) is 4.39. The molecule has 1 amide bonds. The van der Waals surface area contributed by atoms with Crippen molar-refractivity contribution in [2.75, 3.05) is 18.9 Å². The minimum absolute atomic E-state index is 0.0663. The summed E-state index contributed by atoms with van der Waals surface area (Å²) in [4.78, 5) is 20.2. The average Bonchev–Trinajstić information content (AvgIpc) is 2.90. The van der Waals surface area contributed by atoms with Gasteiger partial charge in [0.15, 0.2) is 5.13 Å². The molecule has 0 atom stereocenters. The van der Waals surface area contributed by atoms with Crippen LogP contribution in [0.1, 0.15) is 34.5 Å². The number of benzene rings is 1. The number of anilines is 1. The number of nitrogens with one attached hydrogen (secondary N) is 1. The Morgan fingerprint density at radius 2 is 2.13 bits per heavy atom. The fraction of sp³-hybridized carbons (Fsp3) is 0.444. The van der Waals surface area contributed by atoms with Crippen LogP contribution in [-0.4, -0.2) is 29.4 Å². The standard InChI is InChI=1S/C18H23N3OS/c1-13-6-8-14(9-7-13)4-3-5-17(22)20-18-19-15-10-11-21(2)12-16(15)23-18/h6-9H,3-5,10-12H2,1-2H3,(H,19,20,22). The van der Waals surface area contributed by atoms with E-state index >= 15 is 0 Å². The summed E-state index contributed by atoms with van der Waals surface area (Å²) in [5.41, 5.74) is 3.71. The van der Waals surface area contributed by atoms with Crippen LogP contribution in [-0.2, 0) is 24.2 Å². The van der Waals surface area contributed by atoms with Crippen LogP contribution in [0.5, 0.6) is 0 Å². The topological polar surface area (TPSA) is 45.2 Å². The molecule has 1 aromatic heterocycles. The Kier molecular flexibility index (Phi) is 5.08. The second-order valence-electron chi connectivity index (χ2n) is 6.26. The molecule has 23 heavy (non-hydrogen) atoms. The summed E-state index contributed by atoms with van der Waals surface area (Å²) in [6, 6.07) is 8.51. The molecule has 3 rings (SSSR count). The second kappa shape index (κ2) is 7.23. The Hall–Kier alpha value is -1.72. The number of likely N-dealkylation sites (N-methyl/N-ethyl adjacent to an activating group) is 1. The van der Waals surface area contributed by atoms with Crippen LogP contribution in [0.3, 0.4) is 0 Å². The fourth-order valence-corrected chi connectivity index (χ4v) is 3.87. The SMILES string of the molecule is Cc1ccc(CCCC(=O)Nc2nc3c(s2)CN(C)CC3)cc1. The minimum atomic E-state index is 0.0663. The van der Waals surface area contributed by atoms with Crippen LogP contribution in [0.25, 0.3) is 0 Å². The average molecular weight is 329 g/mol. The van der Waals surface area contributed by atoms with E-state index < -0.39 is 0 Å². The molecular formula is C18H23N3OS. The van der Waals surface area contributed by atoms with Crippen LogP contribution in [0.4, 0.5) is 5.13 Å². The quantitative estimate of drug-likeness (QED) is 0.914. The highest BCUT2D eigenvalue weighted by molar-refractivity contribution is 7.15. The van der Waals surface area contributed by atoms with Crippen molar-refractivity contribution in [3.05, 3.63) is 46.0 Å². The van der Waals surface area contributed by atoms with E-state index in [0.717, 1.165) is 43.2 Å². The van der Waals surface area contributed by atoms with E-state index in [1.165, 1.54) is 16.0 Å². The predicted molar refractivity (Wildman–Crippen MR) is 94.9 cm³/mol. The Bertz CT molecular complexity index is 678. The Morgan fingerprint density at radius 1 is 1.35 bits per heavy atom. The van der Waals surface area contributed by atoms with E-state index in [2.05, 4.69) is 53.4 Å². The Labute approximate surface area is 141 Å². The predicted octanol–water partition coefficient (Wildman–Crippen LogP) is 3.40. The molecular weight excluding hydrogens is 306 g/mol.